The van der Waals surface area contributed by atoms with E-state index in [-0.39, 0.29) is 49.4 Å². The van der Waals surface area contributed by atoms with Crippen molar-refractivity contribution in [1.82, 2.24) is 10.2 Å². The number of hydrogen-bond donors (Lipinski definition) is 1. The van der Waals surface area contributed by atoms with Crippen molar-refractivity contribution in [1.29, 1.82) is 0 Å². The third-order valence-corrected chi connectivity index (χ3v) is 7.48. The molecule has 39 heavy (non-hydrogen) atoms. The van der Waals surface area contributed by atoms with Gasteiger partial charge in [-0.3, -0.25) is 13.9 Å². The zero-order valence-electron chi connectivity index (χ0n) is 23.1. The predicted octanol–water partition coefficient (Wildman–Crippen LogP) is 5.14. The maximum Gasteiger partial charge on any atom is 0.416 e. The van der Waals surface area contributed by atoms with Crippen molar-refractivity contribution >= 4 is 27.5 Å². The molecule has 7 nitrogen and oxygen atoms in total. The SMILES string of the molecule is CC[C@H](C(=O)NCC(C)C)N(Cc1ccccc1C)C(=O)CCCN(c1cccc(C(F)(F)F)c1)S(C)(=O)=O. The van der Waals surface area contributed by atoms with Crippen LogP contribution in [0.3, 0.4) is 0 Å². The van der Waals surface area contributed by atoms with Crippen molar-refractivity contribution in [3.63, 3.8) is 0 Å². The van der Waals surface area contributed by atoms with Crippen LogP contribution in [0.15, 0.2) is 48.5 Å². The van der Waals surface area contributed by atoms with Crippen LogP contribution in [-0.4, -0.2) is 50.5 Å². The summed E-state index contributed by atoms with van der Waals surface area (Å²) in [5.74, 6) is -0.387. The lowest BCUT2D eigenvalue weighted by Crippen LogP contribution is -2.49. The Hall–Kier alpha value is -3.08. The van der Waals surface area contributed by atoms with Gasteiger partial charge in [0.05, 0.1) is 17.5 Å². The summed E-state index contributed by atoms with van der Waals surface area (Å²) in [6.07, 6.45) is -3.38. The van der Waals surface area contributed by atoms with Gasteiger partial charge in [0.15, 0.2) is 0 Å². The van der Waals surface area contributed by atoms with E-state index in [0.29, 0.717) is 13.0 Å². The van der Waals surface area contributed by atoms with Gasteiger partial charge in [0.1, 0.15) is 6.04 Å². The highest BCUT2D eigenvalue weighted by Gasteiger charge is 2.32. The zero-order chi connectivity index (χ0) is 29.4. The summed E-state index contributed by atoms with van der Waals surface area (Å²) in [5.41, 5.74) is 0.742. The second-order valence-corrected chi connectivity index (χ2v) is 11.9. The Morgan fingerprint density at radius 1 is 1.05 bits per heavy atom. The van der Waals surface area contributed by atoms with Crippen LogP contribution in [0.4, 0.5) is 18.9 Å². The fourth-order valence-electron chi connectivity index (χ4n) is 4.15. The summed E-state index contributed by atoms with van der Waals surface area (Å²) in [6.45, 7) is 8.13. The molecule has 0 aromatic heterocycles. The highest BCUT2D eigenvalue weighted by molar-refractivity contribution is 7.92. The molecule has 1 N–H and O–H groups in total. The highest BCUT2D eigenvalue weighted by atomic mass is 32.2. The standard InChI is InChI=1S/C28H38F3N3O4S/c1-6-25(27(36)32-18-20(2)3)33(19-22-12-8-7-11-21(22)4)26(35)15-10-16-34(39(5,37)38)24-14-9-13-23(17-24)28(29,30)31/h7-9,11-14,17,20,25H,6,10,15-16,18-19H2,1-5H3,(H,32,36)/t25-/m1/s1. The molecule has 2 aromatic carbocycles. The average Bonchev–Trinajstić information content (AvgIpc) is 2.85. The number of amides is 2. The Morgan fingerprint density at radius 3 is 2.28 bits per heavy atom. The maximum atomic E-state index is 13.5. The quantitative estimate of drug-likeness (QED) is 0.362. The molecule has 1 atom stereocenters. The summed E-state index contributed by atoms with van der Waals surface area (Å²) >= 11 is 0. The molecule has 0 unspecified atom stereocenters. The highest BCUT2D eigenvalue weighted by Crippen LogP contribution is 2.32. The molecule has 0 heterocycles. The van der Waals surface area contributed by atoms with E-state index in [1.165, 1.54) is 11.0 Å². The van der Waals surface area contributed by atoms with E-state index in [9.17, 15) is 31.2 Å². The number of benzene rings is 2. The molecule has 0 spiro atoms. The first-order valence-electron chi connectivity index (χ1n) is 12.9. The van der Waals surface area contributed by atoms with Gasteiger partial charge in [-0.2, -0.15) is 13.2 Å². The summed E-state index contributed by atoms with van der Waals surface area (Å²) < 4.78 is 65.4. The van der Waals surface area contributed by atoms with E-state index >= 15 is 0 Å². The fraction of sp³-hybridized carbons (Fsp3) is 0.500. The normalized spacial score (nSPS) is 12.7. The Kier molecular flexibility index (Phi) is 11.4. The lowest BCUT2D eigenvalue weighted by Gasteiger charge is -2.31. The van der Waals surface area contributed by atoms with Crippen LogP contribution in [0.5, 0.6) is 0 Å². The molecule has 0 bridgehead atoms. The topological polar surface area (TPSA) is 86.8 Å². The number of halogens is 3. The zero-order valence-corrected chi connectivity index (χ0v) is 23.9. The van der Waals surface area contributed by atoms with Gasteiger partial charge in [-0.15, -0.1) is 0 Å². The minimum Gasteiger partial charge on any atom is -0.354 e. The first-order valence-corrected chi connectivity index (χ1v) is 14.8. The molecule has 0 aliphatic carbocycles. The third kappa shape index (κ3) is 9.56. The number of alkyl halides is 3. The van der Waals surface area contributed by atoms with Crippen molar-refractivity contribution in [3.05, 3.63) is 65.2 Å². The van der Waals surface area contributed by atoms with Gasteiger partial charge in [0.2, 0.25) is 21.8 Å². The number of sulfonamides is 1. The minimum absolute atomic E-state index is 0.0521. The van der Waals surface area contributed by atoms with Crippen molar-refractivity contribution in [2.75, 3.05) is 23.7 Å². The van der Waals surface area contributed by atoms with Crippen LogP contribution in [-0.2, 0) is 32.3 Å². The van der Waals surface area contributed by atoms with Crippen LogP contribution in [0.2, 0.25) is 0 Å². The number of carbonyl (C=O) groups is 2. The molecule has 2 aromatic rings. The van der Waals surface area contributed by atoms with E-state index in [4.69, 9.17) is 0 Å². The van der Waals surface area contributed by atoms with Gasteiger partial charge in [0, 0.05) is 26.1 Å². The van der Waals surface area contributed by atoms with E-state index in [1.807, 2.05) is 52.0 Å². The smallest absolute Gasteiger partial charge is 0.354 e. The predicted molar refractivity (Wildman–Crippen MR) is 147 cm³/mol. The van der Waals surface area contributed by atoms with Crippen LogP contribution < -0.4 is 9.62 Å². The van der Waals surface area contributed by atoms with Crippen LogP contribution in [0.1, 0.15) is 56.7 Å². The van der Waals surface area contributed by atoms with Gasteiger partial charge < -0.3 is 10.2 Å². The van der Waals surface area contributed by atoms with Gasteiger partial charge in [-0.05, 0) is 55.0 Å². The second kappa shape index (κ2) is 13.8. The van der Waals surface area contributed by atoms with Crippen LogP contribution in [0, 0.1) is 12.8 Å². The number of nitrogens with zero attached hydrogens (tertiary/aromatic N) is 2. The third-order valence-electron chi connectivity index (χ3n) is 6.29. The van der Waals surface area contributed by atoms with Crippen molar-refractivity contribution in [2.45, 2.75) is 65.7 Å². The lowest BCUT2D eigenvalue weighted by molar-refractivity contribution is -0.141. The molecular formula is C28H38F3N3O4S. The lowest BCUT2D eigenvalue weighted by atomic mass is 10.0. The number of nitrogens with one attached hydrogen (secondary N) is 1. The maximum absolute atomic E-state index is 13.5. The molecule has 0 aliphatic rings. The Labute approximate surface area is 229 Å². The summed E-state index contributed by atoms with van der Waals surface area (Å²) in [7, 11) is -3.93. The van der Waals surface area contributed by atoms with Crippen molar-refractivity contribution < 1.29 is 31.2 Å². The molecule has 0 saturated carbocycles. The number of hydrogen-bond acceptors (Lipinski definition) is 4. The first-order chi connectivity index (χ1) is 18.1. The largest absolute Gasteiger partial charge is 0.416 e. The molecule has 11 heteroatoms. The van der Waals surface area contributed by atoms with E-state index in [2.05, 4.69) is 5.32 Å². The number of aryl methyl sites for hydroxylation is 1. The first kappa shape index (κ1) is 32.1. The molecule has 2 amide bonds. The molecule has 0 saturated heterocycles. The number of rotatable bonds is 13. The average molecular weight is 570 g/mol. The molecule has 216 valence electrons. The van der Waals surface area contributed by atoms with E-state index in [0.717, 1.165) is 39.9 Å². The summed E-state index contributed by atoms with van der Waals surface area (Å²) in [6, 6.07) is 10.9. The Balaban J connectivity index is 2.26. The van der Waals surface area contributed by atoms with Crippen molar-refractivity contribution in [3.8, 4) is 0 Å². The summed E-state index contributed by atoms with van der Waals surface area (Å²) in [4.78, 5) is 28.0. The van der Waals surface area contributed by atoms with Gasteiger partial charge in [-0.1, -0.05) is 51.1 Å². The van der Waals surface area contributed by atoms with Crippen LogP contribution in [0.25, 0.3) is 0 Å². The Morgan fingerprint density at radius 2 is 1.72 bits per heavy atom. The van der Waals surface area contributed by atoms with E-state index in [1.54, 1.807) is 0 Å². The number of anilines is 1. The van der Waals surface area contributed by atoms with Gasteiger partial charge >= 0.3 is 6.18 Å². The Bertz CT molecular complexity index is 1230. The second-order valence-electron chi connectivity index (χ2n) is 10.00. The monoisotopic (exact) mass is 569 g/mol. The van der Waals surface area contributed by atoms with Crippen LogP contribution >= 0.6 is 0 Å². The molecule has 0 aliphatic heterocycles. The molecule has 0 radical (unpaired) electrons. The van der Waals surface area contributed by atoms with Crippen molar-refractivity contribution in [2.24, 2.45) is 5.92 Å². The molecule has 2 rings (SSSR count). The van der Waals surface area contributed by atoms with Gasteiger partial charge in [0.25, 0.3) is 0 Å². The van der Waals surface area contributed by atoms with Gasteiger partial charge in [-0.25, -0.2) is 8.42 Å². The molecule has 0 fully saturated rings. The minimum atomic E-state index is -4.63. The fourth-order valence-corrected chi connectivity index (χ4v) is 5.11. The van der Waals surface area contributed by atoms with E-state index < -0.39 is 27.8 Å². The summed E-state index contributed by atoms with van der Waals surface area (Å²) in [5, 5.41) is 2.89. The number of carbonyl (C=O) groups excluding carboxylic acids is 2. The molecular weight excluding hydrogens is 531 g/mol.